The molecule has 0 spiro atoms. The third-order valence-corrected chi connectivity index (χ3v) is 3.54. The highest BCUT2D eigenvalue weighted by molar-refractivity contribution is 5.93. The molecule has 0 bridgehead atoms. The van der Waals surface area contributed by atoms with Crippen LogP contribution in [0.5, 0.6) is 5.75 Å². The minimum Gasteiger partial charge on any atom is -0.494 e. The van der Waals surface area contributed by atoms with E-state index in [1.54, 1.807) is 12.1 Å². The molecule has 1 atom stereocenters. The Morgan fingerprint density at radius 3 is 2.71 bits per heavy atom. The first kappa shape index (κ1) is 15.2. The van der Waals surface area contributed by atoms with Crippen LogP contribution in [-0.4, -0.2) is 36.5 Å². The number of nitrogens with one attached hydrogen (secondary N) is 1. The number of ether oxygens (including phenoxy) is 1. The molecule has 0 unspecified atom stereocenters. The second-order valence-electron chi connectivity index (χ2n) is 5.07. The van der Waals surface area contributed by atoms with Gasteiger partial charge in [0.25, 0.3) is 0 Å². The Bertz CT molecular complexity index is 501. The SMILES string of the molecule is CCOc1ccc(NC(=O)[C@H]2CCCN(C(N)=O)C2)cc1. The van der Waals surface area contributed by atoms with Crippen LogP contribution in [0.4, 0.5) is 10.5 Å². The summed E-state index contributed by atoms with van der Waals surface area (Å²) in [5.41, 5.74) is 5.99. The maximum Gasteiger partial charge on any atom is 0.314 e. The standard InChI is InChI=1S/C15H21N3O3/c1-2-21-13-7-5-12(6-8-13)17-14(19)11-4-3-9-18(10-11)15(16)20/h5-8,11H,2-4,9-10H2,1H3,(H2,16,20)(H,17,19)/t11-/m0/s1. The fraction of sp³-hybridized carbons (Fsp3) is 0.467. The Kier molecular flexibility index (Phi) is 5.03. The molecule has 0 saturated carbocycles. The van der Waals surface area contributed by atoms with E-state index >= 15 is 0 Å². The Balaban J connectivity index is 1.92. The topological polar surface area (TPSA) is 84.7 Å². The zero-order chi connectivity index (χ0) is 15.2. The maximum atomic E-state index is 12.2. The zero-order valence-corrected chi connectivity index (χ0v) is 12.2. The highest BCUT2D eigenvalue weighted by Crippen LogP contribution is 2.20. The minimum absolute atomic E-state index is 0.0786. The molecule has 1 saturated heterocycles. The van der Waals surface area contributed by atoms with Gasteiger partial charge in [0.2, 0.25) is 5.91 Å². The smallest absolute Gasteiger partial charge is 0.314 e. The summed E-state index contributed by atoms with van der Waals surface area (Å²) in [5, 5.41) is 2.87. The summed E-state index contributed by atoms with van der Waals surface area (Å²) >= 11 is 0. The number of hydrogen-bond donors (Lipinski definition) is 2. The number of carbonyl (C=O) groups excluding carboxylic acids is 2. The summed E-state index contributed by atoms with van der Waals surface area (Å²) in [6.45, 7) is 3.54. The molecule has 0 aromatic heterocycles. The average molecular weight is 291 g/mol. The van der Waals surface area contributed by atoms with Gasteiger partial charge in [-0.2, -0.15) is 0 Å². The van der Waals surface area contributed by atoms with E-state index in [1.165, 1.54) is 4.90 Å². The van der Waals surface area contributed by atoms with Crippen LogP contribution in [0.1, 0.15) is 19.8 Å². The summed E-state index contributed by atoms with van der Waals surface area (Å²) in [6, 6.07) is 6.77. The lowest BCUT2D eigenvalue weighted by Crippen LogP contribution is -2.46. The van der Waals surface area contributed by atoms with Crippen molar-refractivity contribution in [2.45, 2.75) is 19.8 Å². The molecule has 1 aromatic rings. The van der Waals surface area contributed by atoms with Crippen LogP contribution in [0.25, 0.3) is 0 Å². The van der Waals surface area contributed by atoms with Crippen molar-refractivity contribution >= 4 is 17.6 Å². The van der Waals surface area contributed by atoms with Gasteiger partial charge < -0.3 is 20.7 Å². The molecule has 1 aromatic carbocycles. The van der Waals surface area contributed by atoms with E-state index in [9.17, 15) is 9.59 Å². The van der Waals surface area contributed by atoms with Gasteiger partial charge in [0, 0.05) is 18.8 Å². The molecule has 0 aliphatic carbocycles. The lowest BCUT2D eigenvalue weighted by Gasteiger charge is -2.30. The van der Waals surface area contributed by atoms with Gasteiger partial charge in [-0.1, -0.05) is 0 Å². The van der Waals surface area contributed by atoms with Gasteiger partial charge in [-0.15, -0.1) is 0 Å². The Morgan fingerprint density at radius 1 is 1.38 bits per heavy atom. The average Bonchev–Trinajstić information content (AvgIpc) is 2.49. The number of anilines is 1. The van der Waals surface area contributed by atoms with Crippen LogP contribution >= 0.6 is 0 Å². The van der Waals surface area contributed by atoms with Gasteiger partial charge in [-0.05, 0) is 44.0 Å². The molecule has 6 heteroatoms. The summed E-state index contributed by atoms with van der Waals surface area (Å²) in [5.74, 6) is 0.482. The number of piperidine rings is 1. The fourth-order valence-corrected chi connectivity index (χ4v) is 2.44. The first-order chi connectivity index (χ1) is 10.1. The van der Waals surface area contributed by atoms with E-state index in [0.29, 0.717) is 19.7 Å². The number of carbonyl (C=O) groups is 2. The number of nitrogens with zero attached hydrogens (tertiary/aromatic N) is 1. The zero-order valence-electron chi connectivity index (χ0n) is 12.2. The Hall–Kier alpha value is -2.24. The van der Waals surface area contributed by atoms with Gasteiger partial charge >= 0.3 is 6.03 Å². The second kappa shape index (κ2) is 6.97. The molecule has 1 heterocycles. The van der Waals surface area contributed by atoms with E-state index in [2.05, 4.69) is 5.32 Å². The van der Waals surface area contributed by atoms with E-state index in [-0.39, 0.29) is 11.8 Å². The molecule has 1 fully saturated rings. The molecule has 3 amide bonds. The quantitative estimate of drug-likeness (QED) is 0.887. The number of rotatable bonds is 4. The molecule has 2 rings (SSSR count). The van der Waals surface area contributed by atoms with Crippen LogP contribution < -0.4 is 15.8 Å². The normalized spacial score (nSPS) is 18.1. The number of amides is 3. The predicted octanol–water partition coefficient (Wildman–Crippen LogP) is 1.81. The number of primary amides is 1. The molecular formula is C15H21N3O3. The van der Waals surface area contributed by atoms with Gasteiger partial charge in [0.1, 0.15) is 5.75 Å². The highest BCUT2D eigenvalue weighted by atomic mass is 16.5. The largest absolute Gasteiger partial charge is 0.494 e. The van der Waals surface area contributed by atoms with Crippen molar-refractivity contribution in [2.75, 3.05) is 25.0 Å². The van der Waals surface area contributed by atoms with Crippen LogP contribution in [-0.2, 0) is 4.79 Å². The number of nitrogens with two attached hydrogens (primary N) is 1. The Labute approximate surface area is 124 Å². The van der Waals surface area contributed by atoms with Crippen LogP contribution in [0.15, 0.2) is 24.3 Å². The number of benzene rings is 1. The summed E-state index contributed by atoms with van der Waals surface area (Å²) < 4.78 is 5.35. The van der Waals surface area contributed by atoms with Crippen molar-refractivity contribution in [1.29, 1.82) is 0 Å². The van der Waals surface area contributed by atoms with Crippen molar-refractivity contribution in [2.24, 2.45) is 11.7 Å². The van der Waals surface area contributed by atoms with Crippen molar-refractivity contribution in [3.05, 3.63) is 24.3 Å². The fourth-order valence-electron chi connectivity index (χ4n) is 2.44. The van der Waals surface area contributed by atoms with Gasteiger partial charge in [0.15, 0.2) is 0 Å². The minimum atomic E-state index is -0.464. The van der Waals surface area contributed by atoms with Crippen molar-refractivity contribution in [3.63, 3.8) is 0 Å². The second-order valence-corrected chi connectivity index (χ2v) is 5.07. The number of urea groups is 1. The predicted molar refractivity (Wildman–Crippen MR) is 80.1 cm³/mol. The third kappa shape index (κ3) is 4.11. The van der Waals surface area contributed by atoms with Crippen LogP contribution in [0, 0.1) is 5.92 Å². The van der Waals surface area contributed by atoms with Crippen molar-refractivity contribution < 1.29 is 14.3 Å². The molecular weight excluding hydrogens is 270 g/mol. The van der Waals surface area contributed by atoms with E-state index in [1.807, 2.05) is 19.1 Å². The number of hydrogen-bond acceptors (Lipinski definition) is 3. The third-order valence-electron chi connectivity index (χ3n) is 3.54. The molecule has 1 aliphatic rings. The summed E-state index contributed by atoms with van der Waals surface area (Å²) in [6.07, 6.45) is 1.57. The van der Waals surface area contributed by atoms with E-state index in [4.69, 9.17) is 10.5 Å². The van der Waals surface area contributed by atoms with E-state index < -0.39 is 6.03 Å². The molecule has 1 aliphatic heterocycles. The molecule has 0 radical (unpaired) electrons. The highest BCUT2D eigenvalue weighted by Gasteiger charge is 2.27. The van der Waals surface area contributed by atoms with Gasteiger partial charge in [-0.25, -0.2) is 4.79 Å². The molecule has 114 valence electrons. The van der Waals surface area contributed by atoms with Crippen LogP contribution in [0.3, 0.4) is 0 Å². The lowest BCUT2D eigenvalue weighted by atomic mass is 9.97. The Morgan fingerprint density at radius 2 is 2.10 bits per heavy atom. The molecule has 3 N–H and O–H groups in total. The van der Waals surface area contributed by atoms with Gasteiger partial charge in [0.05, 0.1) is 12.5 Å². The van der Waals surface area contributed by atoms with Crippen LogP contribution in [0.2, 0.25) is 0 Å². The summed E-state index contributed by atoms with van der Waals surface area (Å²) in [7, 11) is 0. The monoisotopic (exact) mass is 291 g/mol. The molecule has 6 nitrogen and oxygen atoms in total. The first-order valence-corrected chi connectivity index (χ1v) is 7.18. The summed E-state index contributed by atoms with van der Waals surface area (Å²) in [4.78, 5) is 24.9. The maximum absolute atomic E-state index is 12.2. The van der Waals surface area contributed by atoms with E-state index in [0.717, 1.165) is 24.3 Å². The van der Waals surface area contributed by atoms with Crippen molar-refractivity contribution in [3.8, 4) is 5.75 Å². The first-order valence-electron chi connectivity index (χ1n) is 7.18. The number of likely N-dealkylation sites (tertiary alicyclic amines) is 1. The molecule has 21 heavy (non-hydrogen) atoms. The lowest BCUT2D eigenvalue weighted by molar-refractivity contribution is -0.121. The van der Waals surface area contributed by atoms with Crippen molar-refractivity contribution in [1.82, 2.24) is 4.90 Å². The van der Waals surface area contributed by atoms with Gasteiger partial charge in [-0.3, -0.25) is 4.79 Å².